The molecule has 3 aromatic rings. The van der Waals surface area contributed by atoms with E-state index in [1.54, 1.807) is 0 Å². The molecule has 0 fully saturated rings. The molecule has 0 aliphatic rings. The first kappa shape index (κ1) is 16.3. The van der Waals surface area contributed by atoms with Crippen molar-refractivity contribution in [2.45, 2.75) is 5.92 Å². The fourth-order valence-corrected chi connectivity index (χ4v) is 2.89. The van der Waals surface area contributed by atoms with Crippen LogP contribution >= 0.6 is 0 Å². The van der Waals surface area contributed by atoms with E-state index >= 15 is 0 Å². The van der Waals surface area contributed by atoms with Crippen molar-refractivity contribution >= 4 is 11.4 Å². The molecule has 3 rings (SSSR count). The average molecular weight is 334 g/mol. The van der Waals surface area contributed by atoms with E-state index in [-0.39, 0.29) is 17.3 Å². The summed E-state index contributed by atoms with van der Waals surface area (Å²) < 4.78 is 0. The van der Waals surface area contributed by atoms with Crippen LogP contribution in [0.3, 0.4) is 0 Å². The summed E-state index contributed by atoms with van der Waals surface area (Å²) in [5.41, 5.74) is 1.63. The Labute approximate surface area is 143 Å². The number of hydrogen-bond donors (Lipinski definition) is 0. The predicted molar refractivity (Wildman–Crippen MR) is 93.6 cm³/mol. The van der Waals surface area contributed by atoms with E-state index in [0.29, 0.717) is 5.56 Å². The lowest BCUT2D eigenvalue weighted by Gasteiger charge is -2.18. The van der Waals surface area contributed by atoms with Crippen molar-refractivity contribution in [1.82, 2.24) is 0 Å². The number of nitrogens with zero attached hydrogens (tertiary/aromatic N) is 2. The Kier molecular flexibility index (Phi) is 4.52. The molecular formula is C19H14N2O4. The summed E-state index contributed by atoms with van der Waals surface area (Å²) in [4.78, 5) is 21.3. The first-order chi connectivity index (χ1) is 12.1. The zero-order valence-corrected chi connectivity index (χ0v) is 13.1. The fraction of sp³-hybridized carbons (Fsp3) is 0.0526. The smallest absolute Gasteiger partial charge is 0.258 e. The van der Waals surface area contributed by atoms with E-state index in [2.05, 4.69) is 0 Å². The second-order valence-corrected chi connectivity index (χ2v) is 5.51. The van der Waals surface area contributed by atoms with Crippen molar-refractivity contribution in [2.75, 3.05) is 0 Å². The van der Waals surface area contributed by atoms with E-state index < -0.39 is 9.85 Å². The van der Waals surface area contributed by atoms with Crippen LogP contribution in [0.4, 0.5) is 11.4 Å². The van der Waals surface area contributed by atoms with Gasteiger partial charge in [-0.1, -0.05) is 60.7 Å². The molecule has 124 valence electrons. The Morgan fingerprint density at radius 2 is 1.20 bits per heavy atom. The van der Waals surface area contributed by atoms with Crippen LogP contribution in [0.25, 0.3) is 0 Å². The number of nitro benzene ring substituents is 2. The topological polar surface area (TPSA) is 86.3 Å². The molecule has 0 heterocycles. The number of nitro groups is 2. The summed E-state index contributed by atoms with van der Waals surface area (Å²) in [5.74, 6) is -0.386. The highest BCUT2D eigenvalue weighted by Crippen LogP contribution is 2.38. The van der Waals surface area contributed by atoms with Gasteiger partial charge in [0.05, 0.1) is 15.9 Å². The molecule has 0 amide bonds. The van der Waals surface area contributed by atoms with Crippen LogP contribution in [0.1, 0.15) is 22.6 Å². The van der Waals surface area contributed by atoms with Gasteiger partial charge in [-0.2, -0.15) is 0 Å². The molecule has 0 radical (unpaired) electrons. The Balaban J connectivity index is 2.24. The summed E-state index contributed by atoms with van der Waals surface area (Å²) in [6, 6.07) is 22.6. The quantitative estimate of drug-likeness (QED) is 0.385. The molecule has 0 spiro atoms. The monoisotopic (exact) mass is 334 g/mol. The zero-order chi connectivity index (χ0) is 17.8. The largest absolute Gasteiger partial charge is 0.280 e. The lowest BCUT2D eigenvalue weighted by atomic mass is 9.84. The Hall–Kier alpha value is -3.54. The molecule has 0 bridgehead atoms. The van der Waals surface area contributed by atoms with Crippen molar-refractivity contribution in [1.29, 1.82) is 0 Å². The second kappa shape index (κ2) is 6.92. The first-order valence-electron chi connectivity index (χ1n) is 7.60. The minimum Gasteiger partial charge on any atom is -0.258 e. The summed E-state index contributed by atoms with van der Waals surface area (Å²) in [6.45, 7) is 0. The lowest BCUT2D eigenvalue weighted by molar-refractivity contribution is -0.394. The van der Waals surface area contributed by atoms with Crippen LogP contribution in [-0.2, 0) is 0 Å². The molecule has 0 aliphatic heterocycles. The van der Waals surface area contributed by atoms with Crippen molar-refractivity contribution in [3.8, 4) is 0 Å². The first-order valence-corrected chi connectivity index (χ1v) is 7.60. The molecule has 0 aromatic heterocycles. The zero-order valence-electron chi connectivity index (χ0n) is 13.1. The molecule has 25 heavy (non-hydrogen) atoms. The maximum absolute atomic E-state index is 11.5. The highest BCUT2D eigenvalue weighted by atomic mass is 16.6. The Bertz CT molecular complexity index is 872. The van der Waals surface area contributed by atoms with Crippen LogP contribution < -0.4 is 0 Å². The molecular weight excluding hydrogens is 320 g/mol. The molecule has 0 unspecified atom stereocenters. The van der Waals surface area contributed by atoms with Crippen molar-refractivity contribution < 1.29 is 9.85 Å². The lowest BCUT2D eigenvalue weighted by Crippen LogP contribution is -2.07. The van der Waals surface area contributed by atoms with Gasteiger partial charge in [0.25, 0.3) is 11.4 Å². The van der Waals surface area contributed by atoms with E-state index in [1.807, 2.05) is 60.7 Å². The van der Waals surface area contributed by atoms with Crippen molar-refractivity contribution in [2.24, 2.45) is 0 Å². The third-order valence-corrected chi connectivity index (χ3v) is 4.00. The third-order valence-electron chi connectivity index (χ3n) is 4.00. The summed E-state index contributed by atoms with van der Waals surface area (Å²) in [7, 11) is 0. The highest BCUT2D eigenvalue weighted by molar-refractivity contribution is 5.56. The number of non-ortho nitro benzene ring substituents is 1. The van der Waals surface area contributed by atoms with Crippen molar-refractivity contribution in [3.63, 3.8) is 0 Å². The van der Waals surface area contributed by atoms with Gasteiger partial charge in [-0.25, -0.2) is 0 Å². The highest BCUT2D eigenvalue weighted by Gasteiger charge is 2.27. The predicted octanol–water partition coefficient (Wildman–Crippen LogP) is 4.68. The molecule has 6 nitrogen and oxygen atoms in total. The van der Waals surface area contributed by atoms with Gasteiger partial charge in [-0.3, -0.25) is 20.2 Å². The molecule has 0 saturated heterocycles. The Morgan fingerprint density at radius 3 is 1.64 bits per heavy atom. The van der Waals surface area contributed by atoms with E-state index in [4.69, 9.17) is 0 Å². The maximum Gasteiger partial charge on any atom is 0.280 e. The van der Waals surface area contributed by atoms with Gasteiger partial charge >= 0.3 is 0 Å². The van der Waals surface area contributed by atoms with Gasteiger partial charge in [0.1, 0.15) is 0 Å². The maximum atomic E-state index is 11.5. The average Bonchev–Trinajstić information content (AvgIpc) is 2.63. The SMILES string of the molecule is O=[N+]([O-])c1ccc(C(c2ccccc2)c2ccccc2)c([N+](=O)[O-])c1. The standard InChI is InChI=1S/C19H14N2O4/c22-20(23)16-11-12-17(18(13-16)21(24)25)19(14-7-3-1-4-8-14)15-9-5-2-6-10-15/h1-13,19H. The van der Waals surface area contributed by atoms with Crippen LogP contribution in [0, 0.1) is 20.2 Å². The minimum absolute atomic E-state index is 0.257. The van der Waals surface area contributed by atoms with Gasteiger partial charge in [0.2, 0.25) is 0 Å². The minimum atomic E-state index is -0.628. The van der Waals surface area contributed by atoms with E-state index in [0.717, 1.165) is 17.2 Å². The van der Waals surface area contributed by atoms with Gasteiger partial charge in [-0.15, -0.1) is 0 Å². The number of rotatable bonds is 5. The van der Waals surface area contributed by atoms with Gasteiger partial charge in [0.15, 0.2) is 0 Å². The van der Waals surface area contributed by atoms with Crippen LogP contribution in [0.5, 0.6) is 0 Å². The van der Waals surface area contributed by atoms with Gasteiger partial charge in [0, 0.05) is 17.5 Å². The molecule has 6 heteroatoms. The molecule has 0 saturated carbocycles. The van der Waals surface area contributed by atoms with E-state index in [1.165, 1.54) is 12.1 Å². The third kappa shape index (κ3) is 3.37. The molecule has 3 aromatic carbocycles. The molecule has 0 atom stereocenters. The summed E-state index contributed by atoms with van der Waals surface area (Å²) >= 11 is 0. The second-order valence-electron chi connectivity index (χ2n) is 5.51. The Morgan fingerprint density at radius 1 is 0.680 bits per heavy atom. The number of hydrogen-bond acceptors (Lipinski definition) is 4. The van der Waals surface area contributed by atoms with E-state index in [9.17, 15) is 20.2 Å². The molecule has 0 N–H and O–H groups in total. The van der Waals surface area contributed by atoms with Crippen molar-refractivity contribution in [3.05, 3.63) is 116 Å². The summed E-state index contributed by atoms with van der Waals surface area (Å²) in [6.07, 6.45) is 0. The van der Waals surface area contributed by atoms with Gasteiger partial charge in [-0.05, 0) is 17.2 Å². The van der Waals surface area contributed by atoms with Gasteiger partial charge < -0.3 is 0 Å². The summed E-state index contributed by atoms with van der Waals surface area (Å²) in [5, 5.41) is 22.5. The molecule has 0 aliphatic carbocycles. The number of benzene rings is 3. The normalized spacial score (nSPS) is 10.6. The van der Waals surface area contributed by atoms with Crippen LogP contribution in [-0.4, -0.2) is 9.85 Å². The van der Waals surface area contributed by atoms with Crippen LogP contribution in [0.2, 0.25) is 0 Å². The fourth-order valence-electron chi connectivity index (χ4n) is 2.89. The van der Waals surface area contributed by atoms with Crippen LogP contribution in [0.15, 0.2) is 78.9 Å².